The predicted octanol–water partition coefficient (Wildman–Crippen LogP) is 0.541. The molecule has 110 valence electrons. The van der Waals surface area contributed by atoms with Crippen molar-refractivity contribution in [1.29, 1.82) is 5.26 Å². The predicted molar refractivity (Wildman–Crippen MR) is 73.0 cm³/mol. The third-order valence-corrected chi connectivity index (χ3v) is 3.28. The molecule has 1 N–H and O–H groups in total. The molecule has 8 heteroatoms. The molecule has 8 nitrogen and oxygen atoms in total. The largest absolute Gasteiger partial charge is 0.490 e. The van der Waals surface area contributed by atoms with E-state index in [0.717, 1.165) is 0 Å². The minimum absolute atomic E-state index is 0.0914. The lowest BCUT2D eigenvalue weighted by atomic mass is 10.1. The Hall–Kier alpha value is -2.66. The zero-order valence-electron chi connectivity index (χ0n) is 11.4. The highest BCUT2D eigenvalue weighted by molar-refractivity contribution is 5.95. The molecule has 2 rings (SSSR count). The van der Waals surface area contributed by atoms with Crippen LogP contribution in [0.5, 0.6) is 5.75 Å². The van der Waals surface area contributed by atoms with Gasteiger partial charge in [0.05, 0.1) is 18.1 Å². The standard InChI is InChI=1S/C13H14N4O4/c1-21-12-3-2-9(6-11(12)17(19)20)13(18)16-5-4-15-8-10(16)7-14/h2-3,6,10,15H,4-5,8H2,1H3. The molecule has 21 heavy (non-hydrogen) atoms. The monoisotopic (exact) mass is 290 g/mol. The zero-order valence-corrected chi connectivity index (χ0v) is 11.4. The van der Waals surface area contributed by atoms with Crippen molar-refractivity contribution in [2.75, 3.05) is 26.7 Å². The van der Waals surface area contributed by atoms with Crippen molar-refractivity contribution >= 4 is 11.6 Å². The molecule has 1 atom stereocenters. The van der Waals surface area contributed by atoms with Crippen LogP contribution in [0.4, 0.5) is 5.69 Å². The van der Waals surface area contributed by atoms with Gasteiger partial charge in [-0.3, -0.25) is 14.9 Å². The van der Waals surface area contributed by atoms with Crippen LogP contribution in [0, 0.1) is 21.4 Å². The van der Waals surface area contributed by atoms with Crippen LogP contribution in [0.3, 0.4) is 0 Å². The van der Waals surface area contributed by atoms with Gasteiger partial charge in [-0.15, -0.1) is 0 Å². The van der Waals surface area contributed by atoms with E-state index < -0.39 is 16.9 Å². The van der Waals surface area contributed by atoms with Crippen molar-refractivity contribution in [3.05, 3.63) is 33.9 Å². The number of amides is 1. The number of hydrogen-bond donors (Lipinski definition) is 1. The normalized spacial score (nSPS) is 17.9. The third-order valence-electron chi connectivity index (χ3n) is 3.28. The molecule has 1 aliphatic heterocycles. The van der Waals surface area contributed by atoms with E-state index in [1.165, 1.54) is 30.2 Å². The third kappa shape index (κ3) is 2.93. The van der Waals surface area contributed by atoms with E-state index in [9.17, 15) is 14.9 Å². The molecule has 0 aromatic heterocycles. The summed E-state index contributed by atoms with van der Waals surface area (Å²) in [7, 11) is 1.33. The highest BCUT2D eigenvalue weighted by Crippen LogP contribution is 2.28. The molecule has 1 heterocycles. The van der Waals surface area contributed by atoms with E-state index in [1.54, 1.807) is 0 Å². The van der Waals surface area contributed by atoms with Gasteiger partial charge in [-0.05, 0) is 12.1 Å². The highest BCUT2D eigenvalue weighted by atomic mass is 16.6. The number of piperazine rings is 1. The molecule has 1 unspecified atom stereocenters. The Morgan fingerprint density at radius 1 is 1.62 bits per heavy atom. The van der Waals surface area contributed by atoms with Gasteiger partial charge in [0, 0.05) is 31.3 Å². The van der Waals surface area contributed by atoms with Crippen LogP contribution >= 0.6 is 0 Å². The summed E-state index contributed by atoms with van der Waals surface area (Å²) >= 11 is 0. The van der Waals surface area contributed by atoms with Gasteiger partial charge in [-0.25, -0.2) is 0 Å². The van der Waals surface area contributed by atoms with E-state index >= 15 is 0 Å². The average molecular weight is 290 g/mol. The molecule has 0 radical (unpaired) electrons. The number of nitriles is 1. The number of nitrogens with zero attached hydrogens (tertiary/aromatic N) is 3. The van der Waals surface area contributed by atoms with E-state index in [1.807, 2.05) is 6.07 Å². The van der Waals surface area contributed by atoms with Crippen LogP contribution < -0.4 is 10.1 Å². The van der Waals surface area contributed by atoms with E-state index in [4.69, 9.17) is 10.00 Å². The topological polar surface area (TPSA) is 108 Å². The average Bonchev–Trinajstić information content (AvgIpc) is 2.53. The van der Waals surface area contributed by atoms with Crippen LogP contribution in [0.25, 0.3) is 0 Å². The first-order chi connectivity index (χ1) is 10.1. The number of rotatable bonds is 3. The molecule has 1 aromatic rings. The lowest BCUT2D eigenvalue weighted by molar-refractivity contribution is -0.385. The summed E-state index contributed by atoms with van der Waals surface area (Å²) in [5.74, 6) is -0.303. The molecular formula is C13H14N4O4. The molecule has 0 aliphatic carbocycles. The molecule has 0 spiro atoms. The number of nitro groups is 1. The number of carbonyl (C=O) groups is 1. The van der Waals surface area contributed by atoms with Crippen LogP contribution in [0.1, 0.15) is 10.4 Å². The second-order valence-electron chi connectivity index (χ2n) is 4.49. The molecule has 1 aliphatic rings. The van der Waals surface area contributed by atoms with Crippen molar-refractivity contribution in [2.24, 2.45) is 0 Å². The Labute approximate surface area is 121 Å². The SMILES string of the molecule is COc1ccc(C(=O)N2CCNCC2C#N)cc1[N+](=O)[O-]. The summed E-state index contributed by atoms with van der Waals surface area (Å²) in [4.78, 5) is 24.2. The van der Waals surface area contributed by atoms with Crippen LogP contribution in [0.15, 0.2) is 18.2 Å². The molecule has 0 bridgehead atoms. The molecule has 1 fully saturated rings. The number of ether oxygens (including phenoxy) is 1. The number of hydrogen-bond acceptors (Lipinski definition) is 6. The second-order valence-corrected chi connectivity index (χ2v) is 4.49. The fraction of sp³-hybridized carbons (Fsp3) is 0.385. The quantitative estimate of drug-likeness (QED) is 0.643. The summed E-state index contributed by atoms with van der Waals surface area (Å²) < 4.78 is 4.90. The number of nitrogens with one attached hydrogen (secondary N) is 1. The first-order valence-electron chi connectivity index (χ1n) is 6.32. The van der Waals surface area contributed by atoms with E-state index in [0.29, 0.717) is 19.6 Å². The van der Waals surface area contributed by atoms with E-state index in [-0.39, 0.29) is 17.0 Å². The Balaban J connectivity index is 2.33. The van der Waals surface area contributed by atoms with Gasteiger partial charge in [0.2, 0.25) is 0 Å². The molecule has 1 saturated heterocycles. The highest BCUT2D eigenvalue weighted by Gasteiger charge is 2.28. The van der Waals surface area contributed by atoms with Gasteiger partial charge in [-0.1, -0.05) is 0 Å². The maximum Gasteiger partial charge on any atom is 0.311 e. The zero-order chi connectivity index (χ0) is 15.4. The summed E-state index contributed by atoms with van der Waals surface area (Å²) in [5.41, 5.74) is -0.100. The summed E-state index contributed by atoms with van der Waals surface area (Å²) in [6.07, 6.45) is 0. The lowest BCUT2D eigenvalue weighted by Gasteiger charge is -2.32. The summed E-state index contributed by atoms with van der Waals surface area (Å²) in [5, 5.41) is 23.1. The minimum Gasteiger partial charge on any atom is -0.490 e. The Morgan fingerprint density at radius 3 is 3.00 bits per heavy atom. The van der Waals surface area contributed by atoms with Crippen molar-refractivity contribution in [3.63, 3.8) is 0 Å². The Bertz CT molecular complexity index is 611. The van der Waals surface area contributed by atoms with Gasteiger partial charge in [-0.2, -0.15) is 5.26 Å². The molecule has 1 aromatic carbocycles. The lowest BCUT2D eigenvalue weighted by Crippen LogP contribution is -2.53. The van der Waals surface area contributed by atoms with Gasteiger partial charge in [0.1, 0.15) is 6.04 Å². The summed E-state index contributed by atoms with van der Waals surface area (Å²) in [6, 6.07) is 5.50. The fourth-order valence-electron chi connectivity index (χ4n) is 2.19. The van der Waals surface area contributed by atoms with Crippen molar-refractivity contribution in [1.82, 2.24) is 10.2 Å². The number of nitro benzene ring substituents is 1. The van der Waals surface area contributed by atoms with Crippen LogP contribution in [-0.4, -0.2) is 48.5 Å². The molecule has 1 amide bonds. The van der Waals surface area contributed by atoms with Gasteiger partial charge >= 0.3 is 5.69 Å². The molecule has 0 saturated carbocycles. The first-order valence-corrected chi connectivity index (χ1v) is 6.32. The maximum atomic E-state index is 12.4. The Kier molecular flexibility index (Phi) is 4.35. The van der Waals surface area contributed by atoms with Crippen LogP contribution in [-0.2, 0) is 0 Å². The van der Waals surface area contributed by atoms with Crippen molar-refractivity contribution < 1.29 is 14.5 Å². The van der Waals surface area contributed by atoms with Crippen molar-refractivity contribution in [2.45, 2.75) is 6.04 Å². The second kappa shape index (κ2) is 6.19. The van der Waals surface area contributed by atoms with Gasteiger partial charge in [0.25, 0.3) is 5.91 Å². The number of carbonyl (C=O) groups excluding carboxylic acids is 1. The van der Waals surface area contributed by atoms with E-state index in [2.05, 4.69) is 5.32 Å². The number of benzene rings is 1. The maximum absolute atomic E-state index is 12.4. The van der Waals surface area contributed by atoms with Gasteiger partial charge in [0.15, 0.2) is 5.75 Å². The summed E-state index contributed by atoms with van der Waals surface area (Å²) in [6.45, 7) is 1.36. The van der Waals surface area contributed by atoms with Crippen LogP contribution in [0.2, 0.25) is 0 Å². The smallest absolute Gasteiger partial charge is 0.311 e. The number of methoxy groups -OCH3 is 1. The van der Waals surface area contributed by atoms with Crippen molar-refractivity contribution in [3.8, 4) is 11.8 Å². The Morgan fingerprint density at radius 2 is 2.38 bits per heavy atom. The minimum atomic E-state index is -0.602. The molecular weight excluding hydrogens is 276 g/mol. The van der Waals surface area contributed by atoms with Gasteiger partial charge < -0.3 is 15.0 Å². The first kappa shape index (κ1) is 14.7. The fourth-order valence-corrected chi connectivity index (χ4v) is 2.19.